The van der Waals surface area contributed by atoms with Crippen LogP contribution in [0.25, 0.3) is 27.8 Å². The van der Waals surface area contributed by atoms with Crippen molar-refractivity contribution in [2.24, 2.45) is 5.73 Å². The van der Waals surface area contributed by atoms with Gasteiger partial charge in [0, 0.05) is 27.7 Å². The molecular formula is C23H17ClN2O3. The molecule has 1 heterocycles. The standard InChI is InChI=1S/C23H17ClN2O3/c1-2-13-3-6-17-19(11-26-20(17)7-13)21(27)12-29-22-10-14-4-5-16(24)8-15(14)9-18(22)23(25)28/h2-11,26H,1,12H2,(H2,25,28). The molecule has 144 valence electrons. The highest BCUT2D eigenvalue weighted by Gasteiger charge is 2.16. The topological polar surface area (TPSA) is 85.2 Å². The summed E-state index contributed by atoms with van der Waals surface area (Å²) in [4.78, 5) is 27.7. The van der Waals surface area contributed by atoms with Gasteiger partial charge in [0.15, 0.2) is 6.61 Å². The smallest absolute Gasteiger partial charge is 0.252 e. The maximum absolute atomic E-state index is 12.7. The van der Waals surface area contributed by atoms with Crippen molar-refractivity contribution in [3.8, 4) is 5.75 Å². The number of H-pyrrole nitrogens is 1. The van der Waals surface area contributed by atoms with Crippen molar-refractivity contribution >= 4 is 51.0 Å². The van der Waals surface area contributed by atoms with E-state index >= 15 is 0 Å². The van der Waals surface area contributed by atoms with E-state index in [9.17, 15) is 9.59 Å². The Kier molecular flexibility index (Phi) is 4.82. The maximum atomic E-state index is 12.7. The van der Waals surface area contributed by atoms with Gasteiger partial charge in [0.05, 0.1) is 5.56 Å². The van der Waals surface area contributed by atoms with Crippen LogP contribution in [0.3, 0.4) is 0 Å². The number of Topliss-reactive ketones (excluding diaryl/α,β-unsaturated/α-hetero) is 1. The number of aromatic amines is 1. The van der Waals surface area contributed by atoms with Crippen LogP contribution in [-0.4, -0.2) is 23.3 Å². The van der Waals surface area contributed by atoms with Gasteiger partial charge in [0.1, 0.15) is 5.75 Å². The highest BCUT2D eigenvalue weighted by molar-refractivity contribution is 6.31. The third-order valence-corrected chi connectivity index (χ3v) is 5.00. The summed E-state index contributed by atoms with van der Waals surface area (Å²) in [7, 11) is 0. The lowest BCUT2D eigenvalue weighted by Gasteiger charge is -2.11. The first-order valence-electron chi connectivity index (χ1n) is 8.89. The molecule has 3 N–H and O–H groups in total. The quantitative estimate of drug-likeness (QED) is 0.444. The maximum Gasteiger partial charge on any atom is 0.252 e. The van der Waals surface area contributed by atoms with E-state index in [1.54, 1.807) is 36.5 Å². The Morgan fingerprint density at radius 3 is 2.66 bits per heavy atom. The van der Waals surface area contributed by atoms with Crippen LogP contribution in [0.4, 0.5) is 0 Å². The van der Waals surface area contributed by atoms with E-state index in [2.05, 4.69) is 11.6 Å². The summed E-state index contributed by atoms with van der Waals surface area (Å²) in [5.74, 6) is -0.595. The second-order valence-corrected chi connectivity index (χ2v) is 7.06. The monoisotopic (exact) mass is 404 g/mol. The normalized spacial score (nSPS) is 10.9. The molecule has 0 saturated heterocycles. The van der Waals surface area contributed by atoms with E-state index in [-0.39, 0.29) is 23.7 Å². The largest absolute Gasteiger partial charge is 0.485 e. The summed E-state index contributed by atoms with van der Waals surface area (Å²) in [5.41, 5.74) is 8.00. The highest BCUT2D eigenvalue weighted by atomic mass is 35.5. The van der Waals surface area contributed by atoms with Gasteiger partial charge in [-0.2, -0.15) is 0 Å². The summed E-state index contributed by atoms with van der Waals surface area (Å²) in [6.45, 7) is 3.52. The van der Waals surface area contributed by atoms with Crippen LogP contribution in [0, 0.1) is 0 Å². The van der Waals surface area contributed by atoms with Crippen molar-refractivity contribution in [1.29, 1.82) is 0 Å². The van der Waals surface area contributed by atoms with Gasteiger partial charge >= 0.3 is 0 Å². The van der Waals surface area contributed by atoms with Crippen LogP contribution in [0.5, 0.6) is 5.75 Å². The number of carbonyl (C=O) groups excluding carboxylic acids is 2. The molecule has 0 unspecified atom stereocenters. The molecule has 1 aromatic heterocycles. The minimum atomic E-state index is -0.640. The number of ketones is 1. The number of aromatic nitrogens is 1. The Morgan fingerprint density at radius 2 is 1.90 bits per heavy atom. The molecule has 3 aromatic carbocycles. The number of primary amides is 1. The summed E-state index contributed by atoms with van der Waals surface area (Å²) >= 11 is 6.02. The summed E-state index contributed by atoms with van der Waals surface area (Å²) in [6.07, 6.45) is 3.39. The number of hydrogen-bond donors (Lipinski definition) is 2. The van der Waals surface area contributed by atoms with Gasteiger partial charge in [0.2, 0.25) is 5.78 Å². The van der Waals surface area contributed by atoms with E-state index in [0.717, 1.165) is 27.2 Å². The number of ether oxygens (including phenoxy) is 1. The zero-order chi connectivity index (χ0) is 20.5. The number of carbonyl (C=O) groups is 2. The molecule has 6 heteroatoms. The third kappa shape index (κ3) is 3.60. The first-order valence-corrected chi connectivity index (χ1v) is 9.27. The second kappa shape index (κ2) is 7.45. The lowest BCUT2D eigenvalue weighted by atomic mass is 10.1. The zero-order valence-electron chi connectivity index (χ0n) is 15.4. The molecular weight excluding hydrogens is 388 g/mol. The van der Waals surface area contributed by atoms with Crippen molar-refractivity contribution in [1.82, 2.24) is 4.98 Å². The fourth-order valence-corrected chi connectivity index (χ4v) is 3.46. The number of hydrogen-bond acceptors (Lipinski definition) is 3. The number of fused-ring (bicyclic) bond motifs is 2. The van der Waals surface area contributed by atoms with E-state index < -0.39 is 5.91 Å². The molecule has 4 aromatic rings. The zero-order valence-corrected chi connectivity index (χ0v) is 16.1. The molecule has 0 fully saturated rings. The fraction of sp³-hybridized carbons (Fsp3) is 0.0435. The number of nitrogens with two attached hydrogens (primary N) is 1. The van der Waals surface area contributed by atoms with Crippen molar-refractivity contribution < 1.29 is 14.3 Å². The third-order valence-electron chi connectivity index (χ3n) is 4.77. The predicted octanol–water partition coefficient (Wildman–Crippen LogP) is 4.98. The van der Waals surface area contributed by atoms with Gasteiger partial charge in [-0.05, 0) is 46.7 Å². The van der Waals surface area contributed by atoms with Crippen LogP contribution in [0.15, 0.2) is 61.3 Å². The molecule has 0 aliphatic rings. The van der Waals surface area contributed by atoms with E-state index in [1.807, 2.05) is 24.3 Å². The second-order valence-electron chi connectivity index (χ2n) is 6.63. The summed E-state index contributed by atoms with van der Waals surface area (Å²) in [6, 6.07) is 14.3. The molecule has 0 atom stereocenters. The van der Waals surface area contributed by atoms with Gasteiger partial charge in [-0.1, -0.05) is 42.5 Å². The molecule has 5 nitrogen and oxygen atoms in total. The molecule has 0 aliphatic heterocycles. The number of amides is 1. The Balaban J connectivity index is 1.63. The molecule has 0 aliphatic carbocycles. The van der Waals surface area contributed by atoms with Crippen molar-refractivity contribution in [3.05, 3.63) is 83.0 Å². The Labute approximate surface area is 171 Å². The number of nitrogens with one attached hydrogen (secondary N) is 1. The van der Waals surface area contributed by atoms with Crippen molar-refractivity contribution in [2.75, 3.05) is 6.61 Å². The minimum absolute atomic E-state index is 0.196. The highest BCUT2D eigenvalue weighted by Crippen LogP contribution is 2.28. The SMILES string of the molecule is C=Cc1ccc2c(C(=O)COc3cc4ccc(Cl)cc4cc3C(N)=O)c[nH]c2c1. The molecule has 1 amide bonds. The van der Waals surface area contributed by atoms with E-state index in [1.165, 1.54) is 0 Å². The van der Waals surface area contributed by atoms with Gasteiger partial charge in [-0.25, -0.2) is 0 Å². The molecule has 4 rings (SSSR count). The first-order chi connectivity index (χ1) is 14.0. The Morgan fingerprint density at radius 1 is 1.07 bits per heavy atom. The van der Waals surface area contributed by atoms with Crippen molar-refractivity contribution in [2.45, 2.75) is 0 Å². The number of halogens is 1. The van der Waals surface area contributed by atoms with E-state index in [4.69, 9.17) is 22.1 Å². The van der Waals surface area contributed by atoms with Crippen LogP contribution in [-0.2, 0) is 0 Å². The predicted molar refractivity (Wildman–Crippen MR) is 116 cm³/mol. The van der Waals surface area contributed by atoms with Crippen molar-refractivity contribution in [3.63, 3.8) is 0 Å². The molecule has 0 saturated carbocycles. The Bertz CT molecular complexity index is 1290. The molecule has 0 radical (unpaired) electrons. The lowest BCUT2D eigenvalue weighted by Crippen LogP contribution is -2.16. The van der Waals surface area contributed by atoms with E-state index in [0.29, 0.717) is 10.6 Å². The van der Waals surface area contributed by atoms with Crippen LogP contribution in [0.2, 0.25) is 5.02 Å². The van der Waals surface area contributed by atoms with Crippen LogP contribution < -0.4 is 10.5 Å². The van der Waals surface area contributed by atoms with Crippen LogP contribution >= 0.6 is 11.6 Å². The molecule has 0 bridgehead atoms. The Hall–Kier alpha value is -3.57. The van der Waals surface area contributed by atoms with Gasteiger partial charge in [-0.3, -0.25) is 9.59 Å². The molecule has 0 spiro atoms. The average Bonchev–Trinajstić information content (AvgIpc) is 3.14. The first kappa shape index (κ1) is 18.8. The number of benzene rings is 3. The fourth-order valence-electron chi connectivity index (χ4n) is 3.28. The van der Waals surface area contributed by atoms with Crippen LogP contribution in [0.1, 0.15) is 26.3 Å². The minimum Gasteiger partial charge on any atom is -0.485 e. The van der Waals surface area contributed by atoms with Gasteiger partial charge < -0.3 is 15.5 Å². The summed E-state index contributed by atoms with van der Waals surface area (Å²) < 4.78 is 5.70. The van der Waals surface area contributed by atoms with Gasteiger partial charge in [0.25, 0.3) is 5.91 Å². The summed E-state index contributed by atoms with van der Waals surface area (Å²) in [5, 5.41) is 2.94. The average molecular weight is 405 g/mol. The van der Waals surface area contributed by atoms with Gasteiger partial charge in [-0.15, -0.1) is 0 Å². The lowest BCUT2D eigenvalue weighted by molar-refractivity contribution is 0.0914. The molecule has 29 heavy (non-hydrogen) atoms. The number of rotatable bonds is 6.